The predicted octanol–water partition coefficient (Wildman–Crippen LogP) is 3.44. The highest BCUT2D eigenvalue weighted by Gasteiger charge is 2.05. The molecule has 2 aromatic rings. The fraction of sp³-hybridized carbons (Fsp3) is 0.250. The van der Waals surface area contributed by atoms with Gasteiger partial charge in [-0.15, -0.1) is 0 Å². The van der Waals surface area contributed by atoms with Crippen LogP contribution in [0.2, 0.25) is 0 Å². The Kier molecular flexibility index (Phi) is 3.68. The average Bonchev–Trinajstić information content (AvgIpc) is 2.39. The van der Waals surface area contributed by atoms with Gasteiger partial charge in [0.1, 0.15) is 5.75 Å². The van der Waals surface area contributed by atoms with Crippen molar-refractivity contribution in [3.8, 4) is 16.9 Å². The average molecular weight is 241 g/mol. The first kappa shape index (κ1) is 12.7. The number of hydrogen-bond acceptors (Lipinski definition) is 2. The van der Waals surface area contributed by atoms with Gasteiger partial charge in [-0.05, 0) is 59.9 Å². The van der Waals surface area contributed by atoms with Crippen molar-refractivity contribution in [2.24, 2.45) is 5.73 Å². The summed E-state index contributed by atoms with van der Waals surface area (Å²) in [5, 5.41) is 0. The first-order valence-corrected chi connectivity index (χ1v) is 6.10. The monoisotopic (exact) mass is 241 g/mol. The quantitative estimate of drug-likeness (QED) is 0.893. The van der Waals surface area contributed by atoms with Gasteiger partial charge in [0.2, 0.25) is 0 Å². The molecule has 0 aliphatic carbocycles. The second-order valence-corrected chi connectivity index (χ2v) is 4.54. The van der Waals surface area contributed by atoms with Crippen molar-refractivity contribution in [1.29, 1.82) is 0 Å². The minimum absolute atomic E-state index is 0.572. The van der Waals surface area contributed by atoms with Gasteiger partial charge in [0.15, 0.2) is 0 Å². The number of hydrogen-bond donors (Lipinski definition) is 1. The lowest BCUT2D eigenvalue weighted by Crippen LogP contribution is -1.97. The van der Waals surface area contributed by atoms with Crippen LogP contribution in [0.5, 0.6) is 5.75 Å². The molecule has 0 fully saturated rings. The molecule has 2 aromatic carbocycles. The molecule has 2 nitrogen and oxygen atoms in total. The number of benzene rings is 2. The molecule has 0 saturated heterocycles. The summed E-state index contributed by atoms with van der Waals surface area (Å²) in [6, 6.07) is 12.6. The maximum atomic E-state index is 5.70. The topological polar surface area (TPSA) is 35.2 Å². The van der Waals surface area contributed by atoms with Crippen molar-refractivity contribution < 1.29 is 4.74 Å². The SMILES string of the molecule is COc1ccc(-c2cc(CN)ccc2C)cc1C. The molecule has 0 saturated carbocycles. The van der Waals surface area contributed by atoms with E-state index >= 15 is 0 Å². The maximum Gasteiger partial charge on any atom is 0.121 e. The molecule has 0 spiro atoms. The van der Waals surface area contributed by atoms with Gasteiger partial charge in [-0.2, -0.15) is 0 Å². The molecule has 0 amide bonds. The van der Waals surface area contributed by atoms with Gasteiger partial charge in [-0.1, -0.05) is 18.2 Å². The zero-order chi connectivity index (χ0) is 13.1. The van der Waals surface area contributed by atoms with Crippen molar-refractivity contribution in [3.05, 3.63) is 53.1 Å². The second kappa shape index (κ2) is 5.23. The number of aryl methyl sites for hydroxylation is 2. The Balaban J connectivity index is 2.51. The minimum atomic E-state index is 0.572. The van der Waals surface area contributed by atoms with Gasteiger partial charge in [0.25, 0.3) is 0 Å². The van der Waals surface area contributed by atoms with Crippen LogP contribution in [-0.2, 0) is 6.54 Å². The molecule has 2 heteroatoms. The summed E-state index contributed by atoms with van der Waals surface area (Å²) in [6.07, 6.45) is 0. The maximum absolute atomic E-state index is 5.70. The van der Waals surface area contributed by atoms with Crippen molar-refractivity contribution in [3.63, 3.8) is 0 Å². The van der Waals surface area contributed by atoms with Gasteiger partial charge in [-0.3, -0.25) is 0 Å². The zero-order valence-corrected chi connectivity index (χ0v) is 11.2. The molecule has 0 unspecified atom stereocenters. The highest BCUT2D eigenvalue weighted by atomic mass is 16.5. The molecular formula is C16H19NO. The molecule has 18 heavy (non-hydrogen) atoms. The van der Waals surface area contributed by atoms with Crippen LogP contribution in [0.4, 0.5) is 0 Å². The summed E-state index contributed by atoms with van der Waals surface area (Å²) in [6.45, 7) is 4.75. The van der Waals surface area contributed by atoms with Gasteiger partial charge in [0, 0.05) is 6.54 Å². The molecule has 0 bridgehead atoms. The molecule has 2 rings (SSSR count). The minimum Gasteiger partial charge on any atom is -0.496 e. The summed E-state index contributed by atoms with van der Waals surface area (Å²) in [4.78, 5) is 0. The fourth-order valence-electron chi connectivity index (χ4n) is 2.15. The second-order valence-electron chi connectivity index (χ2n) is 4.54. The van der Waals surface area contributed by atoms with Gasteiger partial charge in [-0.25, -0.2) is 0 Å². The Morgan fingerprint density at radius 2 is 1.78 bits per heavy atom. The number of ether oxygens (including phenoxy) is 1. The Hall–Kier alpha value is -1.80. The van der Waals surface area contributed by atoms with E-state index in [-0.39, 0.29) is 0 Å². The van der Waals surface area contributed by atoms with Crippen LogP contribution in [0.15, 0.2) is 36.4 Å². The van der Waals surface area contributed by atoms with Crippen molar-refractivity contribution in [1.82, 2.24) is 0 Å². The lowest BCUT2D eigenvalue weighted by molar-refractivity contribution is 0.412. The number of rotatable bonds is 3. The molecule has 2 N–H and O–H groups in total. The first-order valence-electron chi connectivity index (χ1n) is 6.10. The van der Waals surface area contributed by atoms with Crippen LogP contribution in [0.3, 0.4) is 0 Å². The third-order valence-corrected chi connectivity index (χ3v) is 3.24. The Bertz CT molecular complexity index is 561. The molecule has 0 radical (unpaired) electrons. The smallest absolute Gasteiger partial charge is 0.121 e. The molecule has 94 valence electrons. The van der Waals surface area contributed by atoms with E-state index in [1.807, 2.05) is 6.07 Å². The van der Waals surface area contributed by atoms with Gasteiger partial charge < -0.3 is 10.5 Å². The van der Waals surface area contributed by atoms with E-state index in [0.29, 0.717) is 6.54 Å². The summed E-state index contributed by atoms with van der Waals surface area (Å²) < 4.78 is 5.29. The number of nitrogens with two attached hydrogens (primary N) is 1. The largest absolute Gasteiger partial charge is 0.496 e. The summed E-state index contributed by atoms with van der Waals surface area (Å²) in [5.74, 6) is 0.923. The van der Waals surface area contributed by atoms with E-state index in [1.54, 1.807) is 7.11 Å². The van der Waals surface area contributed by atoms with Crippen LogP contribution in [0.25, 0.3) is 11.1 Å². The van der Waals surface area contributed by atoms with Crippen LogP contribution in [0, 0.1) is 13.8 Å². The van der Waals surface area contributed by atoms with Crippen molar-refractivity contribution in [2.45, 2.75) is 20.4 Å². The van der Waals surface area contributed by atoms with E-state index in [4.69, 9.17) is 10.5 Å². The van der Waals surface area contributed by atoms with Crippen LogP contribution >= 0.6 is 0 Å². The molecular weight excluding hydrogens is 222 g/mol. The van der Waals surface area contributed by atoms with Gasteiger partial charge >= 0.3 is 0 Å². The Labute approximate surface area is 108 Å². The highest BCUT2D eigenvalue weighted by Crippen LogP contribution is 2.28. The van der Waals surface area contributed by atoms with Crippen LogP contribution < -0.4 is 10.5 Å². The van der Waals surface area contributed by atoms with Crippen molar-refractivity contribution in [2.75, 3.05) is 7.11 Å². The van der Waals surface area contributed by atoms with Crippen molar-refractivity contribution >= 4 is 0 Å². The van der Waals surface area contributed by atoms with Gasteiger partial charge in [0.05, 0.1) is 7.11 Å². The van der Waals surface area contributed by atoms with E-state index < -0.39 is 0 Å². The summed E-state index contributed by atoms with van der Waals surface area (Å²) >= 11 is 0. The zero-order valence-electron chi connectivity index (χ0n) is 11.2. The first-order chi connectivity index (χ1) is 8.65. The molecule has 0 aromatic heterocycles. The van der Waals surface area contributed by atoms with E-state index in [0.717, 1.165) is 16.9 Å². The lowest BCUT2D eigenvalue weighted by atomic mass is 9.96. The van der Waals surface area contributed by atoms with Crippen LogP contribution in [-0.4, -0.2) is 7.11 Å². The van der Waals surface area contributed by atoms with E-state index in [9.17, 15) is 0 Å². The Morgan fingerprint density at radius 1 is 1.00 bits per heavy atom. The Morgan fingerprint density at radius 3 is 2.39 bits per heavy atom. The number of methoxy groups -OCH3 is 1. The molecule has 0 heterocycles. The summed E-state index contributed by atoms with van der Waals surface area (Å²) in [5.41, 5.74) is 11.7. The standard InChI is InChI=1S/C16H19NO/c1-11-4-5-13(10-17)9-15(11)14-6-7-16(18-3)12(2)8-14/h4-9H,10,17H2,1-3H3. The summed E-state index contributed by atoms with van der Waals surface area (Å²) in [7, 11) is 1.70. The fourth-order valence-corrected chi connectivity index (χ4v) is 2.15. The molecule has 0 atom stereocenters. The van der Waals surface area contributed by atoms with E-state index in [1.165, 1.54) is 16.7 Å². The normalized spacial score (nSPS) is 10.4. The van der Waals surface area contributed by atoms with Crippen LogP contribution in [0.1, 0.15) is 16.7 Å². The highest BCUT2D eigenvalue weighted by molar-refractivity contribution is 5.69. The van der Waals surface area contributed by atoms with E-state index in [2.05, 4.69) is 44.2 Å². The molecule has 0 aliphatic heterocycles. The third-order valence-electron chi connectivity index (χ3n) is 3.24. The third kappa shape index (κ3) is 2.39. The predicted molar refractivity (Wildman–Crippen MR) is 75.8 cm³/mol. The lowest BCUT2D eigenvalue weighted by Gasteiger charge is -2.11. The molecule has 0 aliphatic rings.